The first-order valence-corrected chi connectivity index (χ1v) is 12.2. The maximum Gasteiger partial charge on any atom is 0.283 e. The Hall–Kier alpha value is -3.05. The maximum atomic E-state index is 13.2. The number of carbonyl (C=O) groups excluding carboxylic acids is 1. The molecule has 0 aliphatic carbocycles. The first-order chi connectivity index (χ1) is 15.4. The Morgan fingerprint density at radius 2 is 1.72 bits per heavy atom. The Labute approximate surface area is 188 Å². The highest BCUT2D eigenvalue weighted by molar-refractivity contribution is 7.90. The third-order valence-corrected chi connectivity index (χ3v) is 7.35. The van der Waals surface area contributed by atoms with Crippen molar-refractivity contribution in [3.05, 3.63) is 64.7 Å². The Morgan fingerprint density at radius 1 is 1.06 bits per heavy atom. The van der Waals surface area contributed by atoms with Crippen molar-refractivity contribution in [2.75, 3.05) is 20.2 Å². The van der Waals surface area contributed by atoms with Crippen molar-refractivity contribution < 1.29 is 22.3 Å². The van der Waals surface area contributed by atoms with Gasteiger partial charge in [-0.15, -0.1) is 9.50 Å². The summed E-state index contributed by atoms with van der Waals surface area (Å²) < 4.78 is 49.4. The topological polar surface area (TPSA) is 93.9 Å². The molecule has 1 fully saturated rings. The molecule has 8 nitrogen and oxygen atoms in total. The highest BCUT2D eigenvalue weighted by Crippen LogP contribution is 2.18. The Balaban J connectivity index is 1.81. The van der Waals surface area contributed by atoms with E-state index in [0.29, 0.717) is 24.5 Å². The fourth-order valence-corrected chi connectivity index (χ4v) is 5.35. The van der Waals surface area contributed by atoms with Crippen LogP contribution < -0.4 is 9.41 Å². The molecule has 1 aliphatic rings. The minimum absolute atomic E-state index is 0.0271. The summed E-state index contributed by atoms with van der Waals surface area (Å²) >= 11 is 0.940. The molecule has 11 heteroatoms. The average molecular weight is 477 g/mol. The van der Waals surface area contributed by atoms with Crippen LogP contribution in [0, 0.1) is 5.82 Å². The van der Waals surface area contributed by atoms with Gasteiger partial charge in [0.25, 0.3) is 15.9 Å². The second-order valence-corrected chi connectivity index (χ2v) is 9.71. The van der Waals surface area contributed by atoms with Gasteiger partial charge < -0.3 is 9.64 Å². The zero-order valence-corrected chi connectivity index (χ0v) is 18.9. The van der Waals surface area contributed by atoms with Crippen molar-refractivity contribution in [3.8, 4) is 11.4 Å². The number of methoxy groups -OCH3 is 1. The summed E-state index contributed by atoms with van der Waals surface area (Å²) in [5.41, 5.74) is 0.600. The number of ether oxygens (including phenoxy) is 1. The van der Waals surface area contributed by atoms with E-state index in [-0.39, 0.29) is 21.2 Å². The lowest BCUT2D eigenvalue weighted by atomic mass is 10.1. The monoisotopic (exact) mass is 476 g/mol. The van der Waals surface area contributed by atoms with Crippen LogP contribution in [-0.2, 0) is 10.0 Å². The number of halogens is 1. The van der Waals surface area contributed by atoms with Crippen molar-refractivity contribution >= 4 is 27.5 Å². The molecular formula is C21H21FN4O4S2. The van der Waals surface area contributed by atoms with E-state index in [1.165, 1.54) is 4.07 Å². The number of hydrogen-bond donors (Lipinski definition) is 0. The molecule has 1 amide bonds. The molecule has 0 radical (unpaired) electrons. The number of benzene rings is 2. The summed E-state index contributed by atoms with van der Waals surface area (Å²) in [5.74, 6) is -0.263. The van der Waals surface area contributed by atoms with Gasteiger partial charge in [0.2, 0.25) is 0 Å². The second kappa shape index (κ2) is 9.21. The minimum atomic E-state index is -4.17. The molecule has 0 unspecified atom stereocenters. The van der Waals surface area contributed by atoms with Crippen molar-refractivity contribution in [2.24, 2.45) is 4.40 Å². The predicted octanol–water partition coefficient (Wildman–Crippen LogP) is 3.00. The van der Waals surface area contributed by atoms with Crippen molar-refractivity contribution in [3.63, 3.8) is 0 Å². The maximum absolute atomic E-state index is 13.2. The average Bonchev–Trinajstić information content (AvgIpc) is 3.22. The van der Waals surface area contributed by atoms with Gasteiger partial charge in [-0.3, -0.25) is 4.79 Å². The van der Waals surface area contributed by atoms with Gasteiger partial charge >= 0.3 is 0 Å². The molecule has 0 bridgehead atoms. The van der Waals surface area contributed by atoms with Crippen LogP contribution in [0.2, 0.25) is 0 Å². The number of nitrogens with zero attached hydrogens (tertiary/aromatic N) is 4. The van der Waals surface area contributed by atoms with Gasteiger partial charge in [-0.1, -0.05) is 0 Å². The molecule has 1 aromatic heterocycles. The number of carbonyl (C=O) groups is 1. The van der Waals surface area contributed by atoms with Gasteiger partial charge in [0.1, 0.15) is 11.6 Å². The van der Waals surface area contributed by atoms with Crippen molar-refractivity contribution in [2.45, 2.75) is 24.2 Å². The van der Waals surface area contributed by atoms with Crippen LogP contribution in [0.5, 0.6) is 5.75 Å². The molecule has 1 aliphatic heterocycles. The molecule has 3 aromatic rings. The van der Waals surface area contributed by atoms with Crippen LogP contribution in [0.1, 0.15) is 29.8 Å². The van der Waals surface area contributed by atoms with Crippen LogP contribution in [0.3, 0.4) is 0 Å². The lowest BCUT2D eigenvalue weighted by Gasteiger charge is -2.25. The second-order valence-electron chi connectivity index (χ2n) is 7.19. The molecule has 0 spiro atoms. The van der Waals surface area contributed by atoms with E-state index in [9.17, 15) is 17.6 Å². The number of piperidine rings is 1. The molecular weight excluding hydrogens is 455 g/mol. The largest absolute Gasteiger partial charge is 0.497 e. The fourth-order valence-electron chi connectivity index (χ4n) is 3.31. The highest BCUT2D eigenvalue weighted by Gasteiger charge is 2.25. The smallest absolute Gasteiger partial charge is 0.283 e. The molecule has 0 atom stereocenters. The third-order valence-electron chi connectivity index (χ3n) is 5.02. The van der Waals surface area contributed by atoms with Crippen LogP contribution in [0.25, 0.3) is 5.69 Å². The van der Waals surface area contributed by atoms with Gasteiger partial charge in [0.15, 0.2) is 10.4 Å². The first-order valence-electron chi connectivity index (χ1n) is 9.98. The molecule has 1 saturated heterocycles. The van der Waals surface area contributed by atoms with E-state index >= 15 is 0 Å². The quantitative estimate of drug-likeness (QED) is 0.564. The predicted molar refractivity (Wildman–Crippen MR) is 117 cm³/mol. The number of hydrogen-bond acceptors (Lipinski definition) is 6. The van der Waals surface area contributed by atoms with Gasteiger partial charge in [-0.05, 0) is 79.3 Å². The van der Waals surface area contributed by atoms with E-state index in [2.05, 4.69) is 9.50 Å². The summed E-state index contributed by atoms with van der Waals surface area (Å²) in [6, 6.07) is 11.3. The zero-order valence-electron chi connectivity index (χ0n) is 17.3. The van der Waals surface area contributed by atoms with Gasteiger partial charge in [0, 0.05) is 13.1 Å². The van der Waals surface area contributed by atoms with Crippen LogP contribution in [0.15, 0.2) is 57.8 Å². The third kappa shape index (κ3) is 4.73. The van der Waals surface area contributed by atoms with Crippen LogP contribution in [0.4, 0.5) is 4.39 Å². The van der Waals surface area contributed by atoms with E-state index in [4.69, 9.17) is 4.74 Å². The van der Waals surface area contributed by atoms with Crippen LogP contribution >= 0.6 is 11.5 Å². The van der Waals surface area contributed by atoms with Gasteiger partial charge in [-0.25, -0.2) is 4.39 Å². The normalized spacial score (nSPS) is 15.1. The van der Waals surface area contributed by atoms with Crippen molar-refractivity contribution in [1.82, 2.24) is 14.1 Å². The first kappa shape index (κ1) is 22.2. The number of sulfonamides is 1. The standard InChI is InChI=1S/C21H21FN4O4S2/c1-30-17-9-7-16(8-10-17)26-23-19(21(27)25-13-3-2-4-14-25)20(31-26)24-32(28,29)18-11-5-15(22)6-12-18/h5-12H,2-4,13-14H2,1H3/b24-20-. The molecule has 4 rings (SSSR count). The lowest BCUT2D eigenvalue weighted by molar-refractivity contribution is 0.0716. The number of amides is 1. The Kier molecular flexibility index (Phi) is 6.38. The number of rotatable bonds is 5. The Morgan fingerprint density at radius 3 is 2.34 bits per heavy atom. The highest BCUT2D eigenvalue weighted by atomic mass is 32.2. The van der Waals surface area contributed by atoms with Gasteiger partial charge in [-0.2, -0.15) is 12.5 Å². The molecule has 2 heterocycles. The molecule has 0 N–H and O–H groups in total. The number of likely N-dealkylation sites (tertiary alicyclic amines) is 1. The molecule has 168 valence electrons. The molecule has 32 heavy (non-hydrogen) atoms. The summed E-state index contributed by atoms with van der Waals surface area (Å²) in [6.45, 7) is 1.17. The molecule has 0 saturated carbocycles. The Bertz CT molecular complexity index is 1280. The fraction of sp³-hybridized carbons (Fsp3) is 0.286. The minimum Gasteiger partial charge on any atom is -0.497 e. The summed E-state index contributed by atoms with van der Waals surface area (Å²) in [5, 5.41) is 4.39. The van der Waals surface area contributed by atoms with E-state index in [0.717, 1.165) is 55.1 Å². The molecule has 2 aromatic carbocycles. The van der Waals surface area contributed by atoms with E-state index < -0.39 is 15.8 Å². The lowest BCUT2D eigenvalue weighted by Crippen LogP contribution is -2.38. The zero-order chi connectivity index (χ0) is 22.7. The SMILES string of the molecule is COc1ccc(-n2nc(C(=O)N3CCCCC3)/c(=N/S(=O)(=O)c3ccc(F)cc3)s2)cc1. The van der Waals surface area contributed by atoms with Crippen LogP contribution in [-0.4, -0.2) is 48.6 Å². The van der Waals surface area contributed by atoms with Crippen molar-refractivity contribution in [1.29, 1.82) is 0 Å². The summed E-state index contributed by atoms with van der Waals surface area (Å²) in [4.78, 5) is 14.7. The summed E-state index contributed by atoms with van der Waals surface area (Å²) in [7, 11) is -2.62. The summed E-state index contributed by atoms with van der Waals surface area (Å²) in [6.07, 6.45) is 2.81. The van der Waals surface area contributed by atoms with E-state index in [1.807, 2.05) is 0 Å². The number of aromatic nitrogens is 2. The van der Waals surface area contributed by atoms with E-state index in [1.54, 1.807) is 36.3 Å². The van der Waals surface area contributed by atoms with Gasteiger partial charge in [0.05, 0.1) is 17.7 Å².